The summed E-state index contributed by atoms with van der Waals surface area (Å²) in [5.74, 6) is 0.810. The lowest BCUT2D eigenvalue weighted by molar-refractivity contribution is 0.532. The maximum atomic E-state index is 6.80. The molecular weight excluding hydrogens is 389 g/mol. The van der Waals surface area contributed by atoms with Crippen molar-refractivity contribution in [3.05, 3.63) is 114 Å². The summed E-state index contributed by atoms with van der Waals surface area (Å²) in [6.07, 6.45) is 3.89. The third-order valence-electron chi connectivity index (χ3n) is 5.99. The Morgan fingerprint density at radius 2 is 1.28 bits per heavy atom. The minimum absolute atomic E-state index is 0.265. The van der Waals surface area contributed by atoms with Gasteiger partial charge in [-0.3, -0.25) is 4.98 Å². The molecule has 4 aromatic carbocycles. The van der Waals surface area contributed by atoms with E-state index in [1.54, 1.807) is 0 Å². The van der Waals surface area contributed by atoms with E-state index < -0.39 is 0 Å². The van der Waals surface area contributed by atoms with Gasteiger partial charge < -0.3 is 4.65 Å². The molecule has 32 heavy (non-hydrogen) atoms. The Hall–Kier alpha value is -3.85. The van der Waals surface area contributed by atoms with Crippen molar-refractivity contribution < 1.29 is 4.65 Å². The van der Waals surface area contributed by atoms with Gasteiger partial charge in [-0.1, -0.05) is 97.1 Å². The van der Waals surface area contributed by atoms with Crippen LogP contribution >= 0.6 is 0 Å². The molecule has 3 heteroatoms. The predicted octanol–water partition coefficient (Wildman–Crippen LogP) is 4.14. The van der Waals surface area contributed by atoms with Gasteiger partial charge in [-0.2, -0.15) is 0 Å². The first kappa shape index (κ1) is 20.1. The van der Waals surface area contributed by atoms with Crippen LogP contribution in [0.5, 0.6) is 0 Å². The highest BCUT2D eigenvalue weighted by atomic mass is 16.4. The number of hydrogen-bond acceptors (Lipinski definition) is 2. The van der Waals surface area contributed by atoms with Gasteiger partial charge in [-0.25, -0.2) is 0 Å². The lowest BCUT2D eigenvalue weighted by atomic mass is 9.53. The van der Waals surface area contributed by atoms with Crippen molar-refractivity contribution in [1.82, 2.24) is 4.98 Å². The molecule has 0 atom stereocenters. The largest absolute Gasteiger partial charge is 0.553 e. The molecular formula is C29H24BNO. The third-order valence-corrected chi connectivity index (χ3v) is 5.99. The quantitative estimate of drug-likeness (QED) is 0.413. The summed E-state index contributed by atoms with van der Waals surface area (Å²) in [4.78, 5) is 4.62. The first-order chi connectivity index (χ1) is 15.8. The molecule has 1 heterocycles. The maximum Gasteiger partial charge on any atom is 0.427 e. The molecule has 1 aromatic heterocycles. The van der Waals surface area contributed by atoms with E-state index in [0.717, 1.165) is 27.3 Å². The standard InChI is InChI=1S/C29H24BNO/c1-3-22-15-10-20-31-29(22)21(2)32-30(27-18-8-13-23-11-4-6-16-25(23)27)28-19-9-14-24-12-5-7-17-26(24)28/h3-20H,1-2H3/b22-3-,29-21-. The van der Waals surface area contributed by atoms with E-state index in [1.807, 2.05) is 26.1 Å². The Kier molecular flexibility index (Phi) is 5.47. The van der Waals surface area contributed by atoms with Gasteiger partial charge >= 0.3 is 6.92 Å². The van der Waals surface area contributed by atoms with Crippen molar-refractivity contribution >= 4 is 51.2 Å². The Morgan fingerprint density at radius 3 is 1.88 bits per heavy atom. The van der Waals surface area contributed by atoms with E-state index >= 15 is 0 Å². The molecule has 2 nitrogen and oxygen atoms in total. The monoisotopic (exact) mass is 413 g/mol. The summed E-state index contributed by atoms with van der Waals surface area (Å²) in [5, 5.41) is 6.75. The number of nitrogens with zero attached hydrogens (tertiary/aromatic N) is 1. The molecule has 0 amide bonds. The lowest BCUT2D eigenvalue weighted by Crippen LogP contribution is -2.46. The SMILES string of the molecule is C/C=c1/cccn/c1=C(/C)OB(c1cccc2ccccc12)c1cccc2ccccc12. The molecule has 0 aliphatic rings. The van der Waals surface area contributed by atoms with Gasteiger partial charge in [0.2, 0.25) is 0 Å². The molecule has 5 rings (SSSR count). The van der Waals surface area contributed by atoms with Crippen molar-refractivity contribution in [3.8, 4) is 0 Å². The maximum absolute atomic E-state index is 6.80. The summed E-state index contributed by atoms with van der Waals surface area (Å²) < 4.78 is 6.80. The lowest BCUT2D eigenvalue weighted by Gasteiger charge is -2.20. The van der Waals surface area contributed by atoms with E-state index in [0.29, 0.717) is 0 Å². The first-order valence-corrected chi connectivity index (χ1v) is 11.0. The average Bonchev–Trinajstić information content (AvgIpc) is 2.86. The van der Waals surface area contributed by atoms with Crippen LogP contribution in [0.4, 0.5) is 0 Å². The van der Waals surface area contributed by atoms with Crippen LogP contribution in [0.15, 0.2) is 103 Å². The molecule has 0 aliphatic heterocycles. The zero-order chi connectivity index (χ0) is 21.9. The van der Waals surface area contributed by atoms with Crippen molar-refractivity contribution in [2.24, 2.45) is 0 Å². The molecule has 0 fully saturated rings. The Morgan fingerprint density at radius 1 is 0.719 bits per heavy atom. The smallest absolute Gasteiger partial charge is 0.427 e. The van der Waals surface area contributed by atoms with Crippen LogP contribution in [-0.2, 0) is 4.65 Å². The molecule has 0 radical (unpaired) electrons. The summed E-state index contributed by atoms with van der Waals surface area (Å²) >= 11 is 0. The van der Waals surface area contributed by atoms with E-state index in [9.17, 15) is 0 Å². The van der Waals surface area contributed by atoms with Gasteiger partial charge in [0.25, 0.3) is 0 Å². The number of pyridine rings is 1. The zero-order valence-corrected chi connectivity index (χ0v) is 18.3. The van der Waals surface area contributed by atoms with Gasteiger partial charge in [0.15, 0.2) is 0 Å². The zero-order valence-electron chi connectivity index (χ0n) is 18.3. The number of fused-ring (bicyclic) bond motifs is 2. The van der Waals surface area contributed by atoms with Crippen LogP contribution in [0.3, 0.4) is 0 Å². The number of benzene rings is 4. The van der Waals surface area contributed by atoms with Crippen molar-refractivity contribution in [2.75, 3.05) is 0 Å². The van der Waals surface area contributed by atoms with Crippen LogP contribution in [0, 0.1) is 0 Å². The van der Waals surface area contributed by atoms with Crippen molar-refractivity contribution in [1.29, 1.82) is 0 Å². The minimum atomic E-state index is -0.265. The third kappa shape index (κ3) is 3.67. The molecule has 0 bridgehead atoms. The Bertz CT molecular complexity index is 1450. The van der Waals surface area contributed by atoms with Gasteiger partial charge in [-0.15, -0.1) is 0 Å². The predicted molar refractivity (Wildman–Crippen MR) is 137 cm³/mol. The highest BCUT2D eigenvalue weighted by molar-refractivity contribution is 6.84. The fourth-order valence-electron chi connectivity index (χ4n) is 4.43. The minimum Gasteiger partial charge on any atom is -0.553 e. The average molecular weight is 413 g/mol. The molecule has 0 spiro atoms. The van der Waals surface area contributed by atoms with Gasteiger partial charge in [0.1, 0.15) is 5.35 Å². The first-order valence-electron chi connectivity index (χ1n) is 11.0. The van der Waals surface area contributed by atoms with E-state index in [1.165, 1.54) is 21.5 Å². The van der Waals surface area contributed by atoms with E-state index in [4.69, 9.17) is 4.65 Å². The number of hydrogen-bond donors (Lipinski definition) is 0. The second kappa shape index (κ2) is 8.72. The molecule has 5 aromatic rings. The highest BCUT2D eigenvalue weighted by Gasteiger charge is 2.27. The molecule has 0 saturated carbocycles. The second-order valence-corrected chi connectivity index (χ2v) is 7.92. The fraction of sp³-hybridized carbons (Fsp3) is 0.0690. The van der Waals surface area contributed by atoms with Gasteiger partial charge in [-0.05, 0) is 57.6 Å². The summed E-state index contributed by atoms with van der Waals surface area (Å²) in [5.41, 5.74) is 2.30. The highest BCUT2D eigenvalue weighted by Crippen LogP contribution is 2.17. The van der Waals surface area contributed by atoms with Gasteiger partial charge in [0, 0.05) is 6.20 Å². The second-order valence-electron chi connectivity index (χ2n) is 7.92. The van der Waals surface area contributed by atoms with Crippen LogP contribution in [0.1, 0.15) is 13.8 Å². The topological polar surface area (TPSA) is 22.1 Å². The summed E-state index contributed by atoms with van der Waals surface area (Å²) in [7, 11) is 0. The van der Waals surface area contributed by atoms with E-state index in [2.05, 4.69) is 102 Å². The van der Waals surface area contributed by atoms with Crippen LogP contribution in [-0.4, -0.2) is 11.9 Å². The Labute approximate surface area is 188 Å². The molecule has 0 saturated heterocycles. The normalized spacial score (nSPS) is 12.8. The Balaban J connectivity index is 1.78. The number of rotatable bonds is 4. The fourth-order valence-corrected chi connectivity index (χ4v) is 4.43. The molecule has 0 unspecified atom stereocenters. The molecule has 0 aliphatic carbocycles. The van der Waals surface area contributed by atoms with E-state index in [-0.39, 0.29) is 6.92 Å². The number of aromatic nitrogens is 1. The van der Waals surface area contributed by atoms with Gasteiger partial charge in [0.05, 0.1) is 5.76 Å². The summed E-state index contributed by atoms with van der Waals surface area (Å²) in [6, 6.07) is 33.9. The molecule has 154 valence electrons. The van der Waals surface area contributed by atoms with Crippen LogP contribution in [0.25, 0.3) is 33.4 Å². The van der Waals surface area contributed by atoms with Crippen molar-refractivity contribution in [2.45, 2.75) is 13.8 Å². The van der Waals surface area contributed by atoms with Crippen LogP contribution < -0.4 is 21.5 Å². The summed E-state index contributed by atoms with van der Waals surface area (Å²) in [6.45, 7) is 3.78. The van der Waals surface area contributed by atoms with Crippen molar-refractivity contribution in [3.63, 3.8) is 0 Å². The van der Waals surface area contributed by atoms with Crippen LogP contribution in [0.2, 0.25) is 0 Å². The molecule has 0 N–H and O–H groups in total.